The minimum atomic E-state index is -0.128. The molecule has 6 nitrogen and oxygen atoms in total. The third-order valence-corrected chi connectivity index (χ3v) is 5.69. The van der Waals surface area contributed by atoms with E-state index in [4.69, 9.17) is 4.98 Å². The average Bonchev–Trinajstić information content (AvgIpc) is 3.28. The molecule has 3 aromatic heterocycles. The lowest BCUT2D eigenvalue weighted by atomic mass is 10.0. The maximum atomic E-state index is 13.0. The van der Waals surface area contributed by atoms with E-state index in [1.54, 1.807) is 17.5 Å². The van der Waals surface area contributed by atoms with E-state index in [1.165, 1.54) is 0 Å². The Kier molecular flexibility index (Phi) is 4.85. The number of thiazole rings is 1. The maximum Gasteiger partial charge on any atom is 0.252 e. The summed E-state index contributed by atoms with van der Waals surface area (Å²) in [5.41, 5.74) is 3.22. The molecule has 7 heteroatoms. The minimum Gasteiger partial charge on any atom is -0.346 e. The molecule has 1 amide bonds. The Morgan fingerprint density at radius 3 is 2.68 bits per heavy atom. The van der Waals surface area contributed by atoms with Crippen molar-refractivity contribution in [3.8, 4) is 0 Å². The Bertz CT molecular complexity index is 1130. The summed E-state index contributed by atoms with van der Waals surface area (Å²) in [5.74, 6) is 0.0904. The first-order chi connectivity index (χ1) is 13.4. The topological polar surface area (TPSA) is 72.7 Å². The highest BCUT2D eigenvalue weighted by molar-refractivity contribution is 7.18. The normalized spacial score (nSPS) is 11.8. The minimum absolute atomic E-state index is 0.128. The zero-order valence-corrected chi connectivity index (χ0v) is 17.2. The largest absolute Gasteiger partial charge is 0.346 e. The van der Waals surface area contributed by atoms with Crippen LogP contribution in [0.3, 0.4) is 0 Å². The molecule has 1 aromatic carbocycles. The molecule has 28 heavy (non-hydrogen) atoms. The number of pyridine rings is 1. The van der Waals surface area contributed by atoms with E-state index in [9.17, 15) is 4.79 Å². The fourth-order valence-corrected chi connectivity index (χ4v) is 4.05. The van der Waals surface area contributed by atoms with E-state index in [0.29, 0.717) is 12.1 Å². The highest BCUT2D eigenvalue weighted by Crippen LogP contribution is 2.25. The number of carbonyl (C=O) groups excluding carboxylic acids is 1. The van der Waals surface area contributed by atoms with Crippen LogP contribution in [-0.2, 0) is 6.54 Å². The molecule has 0 atom stereocenters. The summed E-state index contributed by atoms with van der Waals surface area (Å²) in [5, 5.41) is 9.13. The first-order valence-corrected chi connectivity index (χ1v) is 10.3. The predicted molar refractivity (Wildman–Crippen MR) is 113 cm³/mol. The zero-order chi connectivity index (χ0) is 19.8. The van der Waals surface area contributed by atoms with Crippen LogP contribution in [0.15, 0.2) is 36.5 Å². The van der Waals surface area contributed by atoms with Gasteiger partial charge in [0, 0.05) is 11.7 Å². The Labute approximate surface area is 167 Å². The second-order valence-corrected chi connectivity index (χ2v) is 8.54. The SMILES string of the molecule is CC(C)c1cc(C(=O)NCc2nc3ccccc3s2)c2cnn(C(C)C)c2n1. The molecule has 0 spiro atoms. The average molecular weight is 394 g/mol. The maximum absolute atomic E-state index is 13.0. The van der Waals surface area contributed by atoms with E-state index in [0.717, 1.165) is 32.0 Å². The van der Waals surface area contributed by atoms with Gasteiger partial charge in [0.25, 0.3) is 5.91 Å². The van der Waals surface area contributed by atoms with Gasteiger partial charge in [0.15, 0.2) is 5.65 Å². The van der Waals surface area contributed by atoms with Gasteiger partial charge in [-0.05, 0) is 38.0 Å². The van der Waals surface area contributed by atoms with Gasteiger partial charge in [-0.2, -0.15) is 5.10 Å². The van der Waals surface area contributed by atoms with E-state index in [1.807, 2.05) is 35.0 Å². The van der Waals surface area contributed by atoms with Crippen molar-refractivity contribution >= 4 is 38.5 Å². The van der Waals surface area contributed by atoms with E-state index in [-0.39, 0.29) is 17.9 Å². The van der Waals surface area contributed by atoms with Gasteiger partial charge in [-0.25, -0.2) is 14.6 Å². The summed E-state index contributed by atoms with van der Waals surface area (Å²) in [7, 11) is 0. The van der Waals surface area contributed by atoms with Crippen molar-refractivity contribution in [2.24, 2.45) is 0 Å². The molecule has 0 radical (unpaired) electrons. The highest BCUT2D eigenvalue weighted by Gasteiger charge is 2.19. The summed E-state index contributed by atoms with van der Waals surface area (Å²) < 4.78 is 2.99. The zero-order valence-electron chi connectivity index (χ0n) is 16.4. The van der Waals surface area contributed by atoms with Crippen molar-refractivity contribution in [2.45, 2.75) is 46.2 Å². The number of nitrogens with zero attached hydrogens (tertiary/aromatic N) is 4. The van der Waals surface area contributed by atoms with Gasteiger partial charge in [-0.3, -0.25) is 4.79 Å². The van der Waals surface area contributed by atoms with Gasteiger partial charge in [0.1, 0.15) is 5.01 Å². The molecule has 3 heterocycles. The summed E-state index contributed by atoms with van der Waals surface area (Å²) in [4.78, 5) is 22.3. The molecule has 0 fully saturated rings. The van der Waals surface area contributed by atoms with Gasteiger partial charge in [0.05, 0.1) is 33.9 Å². The first kappa shape index (κ1) is 18.6. The van der Waals surface area contributed by atoms with Crippen LogP contribution < -0.4 is 5.32 Å². The van der Waals surface area contributed by atoms with Crippen molar-refractivity contribution < 1.29 is 4.79 Å². The number of nitrogens with one attached hydrogen (secondary N) is 1. The Hall–Kier alpha value is -2.80. The van der Waals surface area contributed by atoms with Crippen LogP contribution in [0.4, 0.5) is 0 Å². The van der Waals surface area contributed by atoms with Crippen molar-refractivity contribution in [1.29, 1.82) is 0 Å². The Morgan fingerprint density at radius 2 is 1.96 bits per heavy atom. The number of amides is 1. The van der Waals surface area contributed by atoms with Gasteiger partial charge in [-0.15, -0.1) is 11.3 Å². The summed E-state index contributed by atoms with van der Waals surface area (Å²) >= 11 is 1.60. The predicted octanol–water partition coefficient (Wildman–Crippen LogP) is 4.68. The van der Waals surface area contributed by atoms with Crippen LogP contribution in [0, 0.1) is 0 Å². The molecule has 0 aliphatic heterocycles. The monoisotopic (exact) mass is 393 g/mol. The number of carbonyl (C=O) groups is 1. The molecule has 1 N–H and O–H groups in total. The number of hydrogen-bond acceptors (Lipinski definition) is 5. The lowest BCUT2D eigenvalue weighted by Crippen LogP contribution is -2.23. The quantitative estimate of drug-likeness (QED) is 0.534. The van der Waals surface area contributed by atoms with Crippen LogP contribution in [0.25, 0.3) is 21.3 Å². The lowest BCUT2D eigenvalue weighted by Gasteiger charge is -2.12. The van der Waals surface area contributed by atoms with E-state index < -0.39 is 0 Å². The second-order valence-electron chi connectivity index (χ2n) is 7.43. The van der Waals surface area contributed by atoms with Crippen molar-refractivity contribution in [3.63, 3.8) is 0 Å². The molecule has 144 valence electrons. The molecule has 0 aliphatic rings. The molecule has 0 saturated carbocycles. The number of hydrogen-bond donors (Lipinski definition) is 1. The number of para-hydroxylation sites is 1. The molecule has 0 saturated heterocycles. The summed E-state index contributed by atoms with van der Waals surface area (Å²) in [6.45, 7) is 8.67. The van der Waals surface area contributed by atoms with Crippen molar-refractivity contribution in [2.75, 3.05) is 0 Å². The fraction of sp³-hybridized carbons (Fsp3) is 0.333. The number of rotatable bonds is 5. The Balaban J connectivity index is 1.65. The van der Waals surface area contributed by atoms with Gasteiger partial charge >= 0.3 is 0 Å². The number of benzene rings is 1. The van der Waals surface area contributed by atoms with Crippen LogP contribution in [0.1, 0.15) is 60.7 Å². The standard InChI is InChI=1S/C21H23N5OS/c1-12(2)17-9-14(15-10-23-26(13(3)4)20(15)25-17)21(27)22-11-19-24-16-7-5-6-8-18(16)28-19/h5-10,12-13H,11H2,1-4H3,(H,22,27). The lowest BCUT2D eigenvalue weighted by molar-refractivity contribution is 0.0952. The molecule has 0 aliphatic carbocycles. The van der Waals surface area contributed by atoms with E-state index in [2.05, 4.69) is 43.1 Å². The second kappa shape index (κ2) is 7.31. The molecular weight excluding hydrogens is 370 g/mol. The molecule has 0 bridgehead atoms. The summed E-state index contributed by atoms with van der Waals surface area (Å²) in [6.07, 6.45) is 1.74. The molecule has 0 unspecified atom stereocenters. The van der Waals surface area contributed by atoms with Crippen LogP contribution in [-0.4, -0.2) is 25.7 Å². The van der Waals surface area contributed by atoms with Crippen molar-refractivity contribution in [1.82, 2.24) is 25.1 Å². The summed E-state index contributed by atoms with van der Waals surface area (Å²) in [6, 6.07) is 10.0. The smallest absolute Gasteiger partial charge is 0.252 e. The van der Waals surface area contributed by atoms with E-state index >= 15 is 0 Å². The molecule has 4 aromatic rings. The Morgan fingerprint density at radius 1 is 1.18 bits per heavy atom. The van der Waals surface area contributed by atoms with Gasteiger partial charge in [0.2, 0.25) is 0 Å². The number of fused-ring (bicyclic) bond motifs is 2. The highest BCUT2D eigenvalue weighted by atomic mass is 32.1. The van der Waals surface area contributed by atoms with Crippen LogP contribution in [0.2, 0.25) is 0 Å². The molecule has 4 rings (SSSR count). The van der Waals surface area contributed by atoms with Gasteiger partial charge < -0.3 is 5.32 Å². The van der Waals surface area contributed by atoms with Crippen LogP contribution in [0.5, 0.6) is 0 Å². The fourth-order valence-electron chi connectivity index (χ4n) is 3.15. The third kappa shape index (κ3) is 3.38. The number of aromatic nitrogens is 4. The first-order valence-electron chi connectivity index (χ1n) is 9.45. The third-order valence-electron chi connectivity index (χ3n) is 4.65. The van der Waals surface area contributed by atoms with Gasteiger partial charge in [-0.1, -0.05) is 26.0 Å². The van der Waals surface area contributed by atoms with Crippen molar-refractivity contribution in [3.05, 3.63) is 52.8 Å². The van der Waals surface area contributed by atoms with Crippen LogP contribution >= 0.6 is 11.3 Å². The molecular formula is C21H23N5OS.